The zero-order valence-corrected chi connectivity index (χ0v) is 15.6. The molecule has 2 aromatic heterocycles. The molecule has 2 heterocycles. The van der Waals surface area contributed by atoms with Gasteiger partial charge in [-0.2, -0.15) is 4.98 Å². The lowest BCUT2D eigenvalue weighted by atomic mass is 10.2. The highest BCUT2D eigenvalue weighted by molar-refractivity contribution is 6.05. The summed E-state index contributed by atoms with van der Waals surface area (Å²) in [6, 6.07) is 17.0. The van der Waals surface area contributed by atoms with Crippen molar-refractivity contribution in [3.8, 4) is 17.1 Å². The van der Waals surface area contributed by atoms with Crippen molar-refractivity contribution in [3.05, 3.63) is 72.1 Å². The van der Waals surface area contributed by atoms with Gasteiger partial charge in [-0.25, -0.2) is 9.50 Å². The Hall–Kier alpha value is -3.74. The number of benzene rings is 2. The highest BCUT2D eigenvalue weighted by Gasteiger charge is 2.16. The quantitative estimate of drug-likeness (QED) is 0.576. The Morgan fingerprint density at radius 2 is 1.82 bits per heavy atom. The van der Waals surface area contributed by atoms with Gasteiger partial charge in [0.1, 0.15) is 5.75 Å². The standard InChI is InChI=1S/C21H19N5O2/c1-3-28-18-12-8-7-11-17(18)23-20(27)16-13-26-21(22-14(16)2)24-19(25-26)15-9-5-4-6-10-15/h4-13H,3H2,1-2H3,(H,23,27). The first-order valence-electron chi connectivity index (χ1n) is 8.98. The predicted molar refractivity (Wildman–Crippen MR) is 107 cm³/mol. The Bertz CT molecular complexity index is 1140. The van der Waals surface area contributed by atoms with Crippen molar-refractivity contribution in [2.24, 2.45) is 0 Å². The van der Waals surface area contributed by atoms with Gasteiger partial charge in [-0.05, 0) is 26.0 Å². The molecule has 7 nitrogen and oxygen atoms in total. The average Bonchev–Trinajstić information content (AvgIpc) is 3.12. The number of para-hydroxylation sites is 2. The number of carbonyl (C=O) groups is 1. The molecule has 7 heteroatoms. The maximum absolute atomic E-state index is 12.8. The van der Waals surface area contributed by atoms with E-state index in [4.69, 9.17) is 4.74 Å². The number of ether oxygens (including phenoxy) is 1. The molecule has 4 rings (SSSR count). The number of hydrogen-bond donors (Lipinski definition) is 1. The van der Waals surface area contributed by atoms with Crippen molar-refractivity contribution < 1.29 is 9.53 Å². The fraction of sp³-hybridized carbons (Fsp3) is 0.143. The molecule has 140 valence electrons. The van der Waals surface area contributed by atoms with Crippen LogP contribution in [0.15, 0.2) is 60.8 Å². The molecule has 0 unspecified atom stereocenters. The fourth-order valence-corrected chi connectivity index (χ4v) is 2.88. The number of nitrogens with one attached hydrogen (secondary N) is 1. The number of hydrogen-bond acceptors (Lipinski definition) is 5. The van der Waals surface area contributed by atoms with E-state index in [1.165, 1.54) is 4.52 Å². The summed E-state index contributed by atoms with van der Waals surface area (Å²) in [7, 11) is 0. The van der Waals surface area contributed by atoms with Gasteiger partial charge < -0.3 is 10.1 Å². The van der Waals surface area contributed by atoms with Gasteiger partial charge in [0, 0.05) is 11.8 Å². The SMILES string of the molecule is CCOc1ccccc1NC(=O)c1cn2nc(-c3ccccc3)nc2nc1C. The summed E-state index contributed by atoms with van der Waals surface area (Å²) < 4.78 is 7.10. The van der Waals surface area contributed by atoms with Crippen LogP contribution in [0.1, 0.15) is 23.0 Å². The first-order chi connectivity index (χ1) is 13.7. The van der Waals surface area contributed by atoms with Gasteiger partial charge in [0.15, 0.2) is 5.82 Å². The molecule has 0 fully saturated rings. The molecule has 0 aliphatic rings. The Kier molecular flexibility index (Phi) is 4.72. The maximum Gasteiger partial charge on any atom is 0.259 e. The van der Waals surface area contributed by atoms with Crippen molar-refractivity contribution in [1.29, 1.82) is 0 Å². The summed E-state index contributed by atoms with van der Waals surface area (Å²) in [5.74, 6) is 1.35. The van der Waals surface area contributed by atoms with Gasteiger partial charge in [-0.3, -0.25) is 4.79 Å². The molecule has 4 aromatic rings. The highest BCUT2D eigenvalue weighted by Crippen LogP contribution is 2.24. The maximum atomic E-state index is 12.8. The van der Waals surface area contributed by atoms with Crippen molar-refractivity contribution in [2.75, 3.05) is 11.9 Å². The number of aromatic nitrogens is 4. The van der Waals surface area contributed by atoms with Gasteiger partial charge in [0.25, 0.3) is 11.7 Å². The van der Waals surface area contributed by atoms with Crippen molar-refractivity contribution >= 4 is 17.4 Å². The lowest BCUT2D eigenvalue weighted by Crippen LogP contribution is -2.16. The zero-order chi connectivity index (χ0) is 19.5. The molecule has 0 bridgehead atoms. The lowest BCUT2D eigenvalue weighted by Gasteiger charge is -2.12. The Morgan fingerprint density at radius 3 is 2.61 bits per heavy atom. The normalized spacial score (nSPS) is 10.8. The molecule has 1 N–H and O–H groups in total. The van der Waals surface area contributed by atoms with E-state index >= 15 is 0 Å². The number of carbonyl (C=O) groups excluding carboxylic acids is 1. The van der Waals surface area contributed by atoms with Crippen LogP contribution in [0.2, 0.25) is 0 Å². The largest absolute Gasteiger partial charge is 0.492 e. The summed E-state index contributed by atoms with van der Waals surface area (Å²) in [4.78, 5) is 21.7. The summed E-state index contributed by atoms with van der Waals surface area (Å²) in [5.41, 5.74) is 2.49. The molecule has 0 saturated heterocycles. The Labute approximate surface area is 162 Å². The van der Waals surface area contributed by atoms with E-state index in [-0.39, 0.29) is 5.91 Å². The topological polar surface area (TPSA) is 81.4 Å². The number of aryl methyl sites for hydroxylation is 1. The van der Waals surface area contributed by atoms with Crippen molar-refractivity contribution in [3.63, 3.8) is 0 Å². The molecule has 2 aromatic carbocycles. The molecule has 0 aliphatic carbocycles. The number of anilines is 1. The van der Waals surface area contributed by atoms with Crippen LogP contribution in [0.25, 0.3) is 17.2 Å². The molecular formula is C21H19N5O2. The van der Waals surface area contributed by atoms with Crippen LogP contribution in [-0.4, -0.2) is 32.1 Å². The van der Waals surface area contributed by atoms with E-state index in [1.54, 1.807) is 19.2 Å². The predicted octanol–water partition coefficient (Wildman–Crippen LogP) is 3.75. The van der Waals surface area contributed by atoms with Crippen molar-refractivity contribution in [1.82, 2.24) is 19.6 Å². The van der Waals surface area contributed by atoms with Crippen LogP contribution >= 0.6 is 0 Å². The molecule has 0 atom stereocenters. The average molecular weight is 373 g/mol. The summed E-state index contributed by atoms with van der Waals surface area (Å²) in [5, 5.41) is 7.35. The second-order valence-corrected chi connectivity index (χ2v) is 6.17. The summed E-state index contributed by atoms with van der Waals surface area (Å²) >= 11 is 0. The Morgan fingerprint density at radius 1 is 1.07 bits per heavy atom. The van der Waals surface area contributed by atoms with E-state index in [9.17, 15) is 4.79 Å². The van der Waals surface area contributed by atoms with E-state index < -0.39 is 0 Å². The van der Waals surface area contributed by atoms with Crippen LogP contribution in [-0.2, 0) is 0 Å². The van der Waals surface area contributed by atoms with Gasteiger partial charge in [-0.15, -0.1) is 5.10 Å². The molecular weight excluding hydrogens is 354 g/mol. The molecule has 0 spiro atoms. The first-order valence-corrected chi connectivity index (χ1v) is 8.98. The monoisotopic (exact) mass is 373 g/mol. The third kappa shape index (κ3) is 3.42. The van der Waals surface area contributed by atoms with Crippen LogP contribution in [0.4, 0.5) is 5.69 Å². The first kappa shape index (κ1) is 17.7. The number of amides is 1. The molecule has 28 heavy (non-hydrogen) atoms. The van der Waals surface area contributed by atoms with E-state index in [0.717, 1.165) is 5.56 Å². The lowest BCUT2D eigenvalue weighted by molar-refractivity contribution is 0.102. The Balaban J connectivity index is 1.67. The second-order valence-electron chi connectivity index (χ2n) is 6.17. The van der Waals surface area contributed by atoms with Crippen molar-refractivity contribution in [2.45, 2.75) is 13.8 Å². The second kappa shape index (κ2) is 7.48. The smallest absolute Gasteiger partial charge is 0.259 e. The third-order valence-electron chi connectivity index (χ3n) is 4.23. The number of nitrogens with zero attached hydrogens (tertiary/aromatic N) is 4. The zero-order valence-electron chi connectivity index (χ0n) is 15.6. The summed E-state index contributed by atoms with van der Waals surface area (Å²) in [6.45, 7) is 4.19. The van der Waals surface area contributed by atoms with Crippen LogP contribution in [0.3, 0.4) is 0 Å². The molecule has 0 saturated carbocycles. The number of fused-ring (bicyclic) bond motifs is 1. The van der Waals surface area contributed by atoms with Gasteiger partial charge in [0.05, 0.1) is 23.6 Å². The molecule has 0 aliphatic heterocycles. The minimum Gasteiger partial charge on any atom is -0.492 e. The highest BCUT2D eigenvalue weighted by atomic mass is 16.5. The van der Waals surface area contributed by atoms with Crippen LogP contribution in [0, 0.1) is 6.92 Å². The summed E-state index contributed by atoms with van der Waals surface area (Å²) in [6.07, 6.45) is 1.65. The minimum absolute atomic E-state index is 0.282. The van der Waals surface area contributed by atoms with Crippen LogP contribution < -0.4 is 10.1 Å². The third-order valence-corrected chi connectivity index (χ3v) is 4.23. The van der Waals surface area contributed by atoms with Crippen LogP contribution in [0.5, 0.6) is 5.75 Å². The van der Waals surface area contributed by atoms with E-state index in [0.29, 0.717) is 40.9 Å². The molecule has 0 radical (unpaired) electrons. The number of rotatable bonds is 5. The molecule has 1 amide bonds. The van der Waals surface area contributed by atoms with Gasteiger partial charge >= 0.3 is 0 Å². The van der Waals surface area contributed by atoms with E-state index in [2.05, 4.69) is 20.4 Å². The van der Waals surface area contributed by atoms with Gasteiger partial charge in [0.2, 0.25) is 0 Å². The minimum atomic E-state index is -0.282. The van der Waals surface area contributed by atoms with E-state index in [1.807, 2.05) is 55.5 Å². The fourth-order valence-electron chi connectivity index (χ4n) is 2.88. The van der Waals surface area contributed by atoms with Gasteiger partial charge in [-0.1, -0.05) is 42.5 Å².